The largest absolute Gasteiger partial charge is 0.472 e. The van der Waals surface area contributed by atoms with Crippen LogP contribution >= 0.6 is 54.8 Å². The number of imidazole rings is 2. The number of anilines is 3. The van der Waals surface area contributed by atoms with Gasteiger partial charge in [-0.1, -0.05) is 33.1 Å². The fraction of sp³-hybridized carbons (Fsp3) is 0.536. The first-order valence-corrected chi connectivity index (χ1v) is 51.5. The van der Waals surface area contributed by atoms with Crippen molar-refractivity contribution < 1.29 is 147 Å². The van der Waals surface area contributed by atoms with Crippen LogP contribution in [0.2, 0.25) is 0 Å². The summed E-state index contributed by atoms with van der Waals surface area (Å²) in [6, 6.07) is 0. The third-order valence-electron chi connectivity index (χ3n) is 21.1. The lowest BCUT2D eigenvalue weighted by Gasteiger charge is -2.27. The lowest BCUT2D eigenvalue weighted by atomic mass is 10.1. The highest BCUT2D eigenvalue weighted by Crippen LogP contribution is 2.61. The molecule has 30 atom stereocenters. The number of aromatic amines is 6. The molecule has 21 rings (SSSR count). The molecule has 6 bridgehead atoms. The minimum absolute atomic E-state index is 0.0240. The molecule has 21 heterocycles. The third kappa shape index (κ3) is 18.3. The predicted molar refractivity (Wildman–Crippen MR) is 437 cm³/mol. The first-order chi connectivity index (χ1) is 63.9. The summed E-state index contributed by atoms with van der Waals surface area (Å²) in [7, 11) is -10.4. The van der Waals surface area contributed by atoms with Gasteiger partial charge >= 0.3 is 42.6 Å². The number of nitrogen functional groups attached to an aromatic ring is 3. The SMILES string of the molecule is Nc1nc2c(ncn2[C@@H]2O[C@@H]3COP(=O)(O)O[C@H]4[C@H](F)[C@H](n5nnc6c(=O)[nH]cnc65)O[C@@H]4COP(O)(=S)O[C@@H]2[C@@H]3F)c(=O)[nH]1.Nc1nc2c(nnn2[C@@H]2O[C@@H]3COP(=O)(O)O[C@H]4[C@H](F)[C@H](n5nnc6c(=O)[nH]cnc65)O[C@@H]4COP(=O)(S)O[C@@H]2[C@@H]3F)c(=O)[nH]1.Nc1nc2c(nnn2[C@@H]2O[C@@H]3COP(O)(=S)O[C@H]4[C@H](F)[C@H](n5cnc6c(=O)[nH]cnc65)O[C@@H]4COP(O)(=S)O[C@@H]2[C@H]3F)c(=O)[nH]1. The van der Waals surface area contributed by atoms with E-state index < -0.39 is 263 Å². The zero-order chi connectivity index (χ0) is 95.5. The van der Waals surface area contributed by atoms with Crippen LogP contribution in [0, 0.1) is 0 Å². The van der Waals surface area contributed by atoms with Crippen LogP contribution in [0.3, 0.4) is 0 Å². The van der Waals surface area contributed by atoms with Gasteiger partial charge in [-0.25, -0.2) is 65.0 Å². The standard InChI is InChI=1S/C19H20F2N10O11P2S.C19H20F2N10O10P2S2.C18H19F2N11O11P2S/c20-7-5-1-37-43(34,35)41-11-6(40-17(8(11)21)31-13-10(28-29-31)15(32)24-3-23-13)2-38-44(36,45)42-12(7)18(39-5)30-4-25-9-14(30)26-19(22)27-16(9)33;20-7-5-1-36-42(34,44)40-11-6(39-17(8(11)21)30-4-25-9-13(30)23-3-24-15(9)32)2-37-43(35,45)41-12(7)18(38-5)31-14-10(28-29-31)16(33)27-19(22)26-14;19-6-4-1-37-43(34,35)41-10-5(40-16(7(10)20)30-12-8(26-28-30)14(32)23-3-22-12)2-38-44(36,45)42-11(6)17(39-4)31-13-9(27-29-31)15(33)25-18(21)24-13/h3-8,11-12,17-18H,1-2H2,(H,34,35)(H,36,45)(H,23,24,32)(H3,22,26,27,33);3-8,11-12,17-18H,1-2H2,(H,34,44)(H,35,45)(H,23,24,32)(H3,22,26,27,33);3-7,10-11,16-17H,1-2H2,(H,34,35)(H,36,45)(H,22,23,32)(H3,21,24,25,33)/t5-,6-,7-,8+,11-,12-,17-,18-,44?;5-,6-,7+,8+,11-,12-,17-,18-,42?,43?;4-,5-,6-,7+,10-,11-,16-,17-,44?/m111/s1. The molecular weight excluding hydrogens is 2050 g/mol. The second-order valence-corrected chi connectivity index (χ2v) is 43.6. The summed E-state index contributed by atoms with van der Waals surface area (Å²) >= 11 is 19.2. The van der Waals surface area contributed by atoms with Gasteiger partial charge in [0.2, 0.25) is 17.8 Å². The lowest BCUT2D eigenvalue weighted by Crippen LogP contribution is -2.34. The molecule has 0 amide bonds. The molecule has 9 saturated heterocycles. The molecule has 0 radical (unpaired) electrons. The Bertz CT molecular complexity index is 6710. The molecule has 17 N–H and O–H groups in total. The molecule has 9 fully saturated rings. The Hall–Kier alpha value is -9.13. The molecule has 6 unspecified atom stereocenters. The second kappa shape index (κ2) is 35.9. The number of alkyl halides is 6. The first kappa shape index (κ1) is 94.8. The van der Waals surface area contributed by atoms with Gasteiger partial charge in [0.05, 0.1) is 71.3 Å². The van der Waals surface area contributed by atoms with Gasteiger partial charge in [-0.05, 0) is 35.4 Å². The van der Waals surface area contributed by atoms with Gasteiger partial charge in [0.1, 0.15) is 73.2 Å². The van der Waals surface area contributed by atoms with Gasteiger partial charge in [-0.3, -0.25) is 93.6 Å². The van der Waals surface area contributed by atoms with Crippen molar-refractivity contribution in [3.05, 3.63) is 93.8 Å². The summed E-state index contributed by atoms with van der Waals surface area (Å²) in [5.74, 6) is -0.945. The van der Waals surface area contributed by atoms with E-state index in [1.54, 1.807) is 0 Å². The number of aromatic nitrogens is 28. The number of hydrogen-bond acceptors (Lipinski definition) is 49. The molecule has 0 saturated carbocycles. The summed E-state index contributed by atoms with van der Waals surface area (Å²) in [6.07, 6.45) is -38.1. The van der Waals surface area contributed by atoms with Crippen LogP contribution in [-0.2, 0) is 132 Å². The number of nitrogens with two attached hydrogens (primary N) is 3. The Morgan fingerprint density at radius 3 is 1.10 bits per heavy atom. The van der Waals surface area contributed by atoms with Gasteiger partial charge < -0.3 is 98.6 Å². The first-order valence-electron chi connectivity index (χ1n) is 38.1. The van der Waals surface area contributed by atoms with E-state index in [2.05, 4.69) is 123 Å². The van der Waals surface area contributed by atoms with Crippen LogP contribution in [0.1, 0.15) is 37.4 Å². The Balaban J connectivity index is 0.000000130. The van der Waals surface area contributed by atoms with E-state index in [9.17, 15) is 66.9 Å². The monoisotopic (exact) mass is 2110 g/mol. The highest BCUT2D eigenvalue weighted by molar-refractivity contribution is 8.44. The smallest absolute Gasteiger partial charge is 0.369 e. The molecule has 79 heteroatoms. The lowest BCUT2D eigenvalue weighted by molar-refractivity contribution is -0.0661. The van der Waals surface area contributed by atoms with Crippen LogP contribution in [-0.4, -0.2) is 313 Å². The van der Waals surface area contributed by atoms with E-state index in [0.717, 1.165) is 59.5 Å². The Morgan fingerprint density at radius 1 is 0.348 bits per heavy atom. The van der Waals surface area contributed by atoms with Gasteiger partial charge in [-0.2, -0.15) is 33.7 Å². The zero-order valence-electron chi connectivity index (χ0n) is 65.9. The fourth-order valence-electron chi connectivity index (χ4n) is 15.2. The van der Waals surface area contributed by atoms with Gasteiger partial charge in [-0.15, -0.1) is 20.4 Å². The number of thiol groups is 1. The number of H-pyrrole nitrogens is 6. The van der Waals surface area contributed by atoms with Gasteiger partial charge in [0.15, 0.2) is 141 Å². The van der Waals surface area contributed by atoms with Crippen molar-refractivity contribution in [1.82, 2.24) is 139 Å². The summed E-state index contributed by atoms with van der Waals surface area (Å²) in [5.41, 5.74) is 10.3. The van der Waals surface area contributed by atoms with Crippen molar-refractivity contribution in [2.75, 3.05) is 56.8 Å². The second-order valence-electron chi connectivity index (χ2n) is 29.6. The molecule has 9 aliphatic rings. The van der Waals surface area contributed by atoms with Crippen LogP contribution in [0.25, 0.3) is 67.0 Å². The molecule has 63 nitrogen and oxygen atoms in total. The summed E-state index contributed by atoms with van der Waals surface area (Å²) in [4.78, 5) is 172. The number of nitrogens with one attached hydrogen (secondary N) is 6. The molecule has 0 spiro atoms. The molecule has 0 aromatic carbocycles. The Kier molecular flexibility index (Phi) is 25.2. The fourth-order valence-corrected chi connectivity index (χ4v) is 22.8. The average molecular weight is 2110 g/mol. The van der Waals surface area contributed by atoms with Crippen LogP contribution in [0.4, 0.5) is 44.2 Å². The van der Waals surface area contributed by atoms with Crippen molar-refractivity contribution in [2.45, 2.75) is 148 Å². The molecule has 9 aliphatic heterocycles. The van der Waals surface area contributed by atoms with Gasteiger partial charge in [0, 0.05) is 0 Å². The minimum Gasteiger partial charge on any atom is -0.369 e. The van der Waals surface area contributed by atoms with Crippen molar-refractivity contribution in [1.29, 1.82) is 0 Å². The number of phosphoric ester groups is 2. The van der Waals surface area contributed by atoms with E-state index in [4.69, 9.17) is 135 Å². The summed E-state index contributed by atoms with van der Waals surface area (Å²) in [5, 5.41) is 29.7. The number of fused-ring (bicyclic) bond motifs is 15. The maximum Gasteiger partial charge on any atom is 0.472 e. The van der Waals surface area contributed by atoms with E-state index in [0.29, 0.717) is 0 Å². The average Bonchev–Trinajstić information content (AvgIpc) is 1.63. The number of phosphoric acid groups is 2. The zero-order valence-corrected chi connectivity index (χ0v) is 74.6. The normalized spacial score (nSPS) is 37.7. The minimum atomic E-state index is -5.22. The number of ether oxygens (including phenoxy) is 6. The summed E-state index contributed by atoms with van der Waals surface area (Å²) < 4.78 is 237. The Morgan fingerprint density at radius 2 is 0.652 bits per heavy atom. The van der Waals surface area contributed by atoms with Crippen LogP contribution in [0.5, 0.6) is 0 Å². The number of halogens is 6. The van der Waals surface area contributed by atoms with E-state index in [1.165, 1.54) is 0 Å². The Labute approximate surface area is 755 Å². The topological polar surface area (TPSA) is 830 Å². The maximum atomic E-state index is 16.0. The van der Waals surface area contributed by atoms with Crippen LogP contribution < -0.4 is 50.6 Å². The maximum absolute atomic E-state index is 16.0. The molecule has 726 valence electrons. The third-order valence-corrected chi connectivity index (χ3v) is 29.4. The quantitative estimate of drug-likeness (QED) is 0.0444. The van der Waals surface area contributed by atoms with E-state index in [-0.39, 0.29) is 84.8 Å². The molecule has 12 aromatic rings. The van der Waals surface area contributed by atoms with Crippen molar-refractivity contribution in [3.8, 4) is 0 Å². The number of nitrogens with zero attached hydrogens (tertiary/aromatic N) is 22. The van der Waals surface area contributed by atoms with Gasteiger partial charge in [0.25, 0.3) is 33.4 Å². The van der Waals surface area contributed by atoms with Crippen molar-refractivity contribution >= 4 is 175 Å². The number of hydrogen-bond donors (Lipinski definition) is 15. The highest BCUT2D eigenvalue weighted by atomic mass is 32.7. The molecular formula is C56H59F6N31O32P6S4. The number of rotatable bonds is 6. The van der Waals surface area contributed by atoms with Crippen molar-refractivity contribution in [2.24, 2.45) is 0 Å². The van der Waals surface area contributed by atoms with E-state index >= 15 is 26.3 Å². The van der Waals surface area contributed by atoms with Crippen LogP contribution in [0.15, 0.2) is 60.4 Å². The summed E-state index contributed by atoms with van der Waals surface area (Å²) in [6.45, 7) is -22.8. The molecule has 12 aromatic heterocycles. The molecule has 135 heavy (non-hydrogen) atoms. The van der Waals surface area contributed by atoms with Crippen molar-refractivity contribution in [3.63, 3.8) is 0 Å². The van der Waals surface area contributed by atoms with E-state index in [1.807, 2.05) is 0 Å². The highest BCUT2D eigenvalue weighted by Gasteiger charge is 2.60. The molecule has 0 aliphatic carbocycles. The predicted octanol–water partition coefficient (Wildman–Crippen LogP) is -3.16.